The quantitative estimate of drug-likeness (QED) is 0.806. The molecule has 0 saturated heterocycles. The number of methoxy groups -OCH3 is 1. The van der Waals surface area contributed by atoms with Crippen LogP contribution in [0.5, 0.6) is 0 Å². The third kappa shape index (κ3) is 3.45. The maximum absolute atomic E-state index is 11.5. The molecule has 1 aromatic rings. The Morgan fingerprint density at radius 3 is 2.75 bits per heavy atom. The number of H-pyrrole nitrogens is 1. The molecular weight excluding hydrogens is 204 g/mol. The molecule has 0 aliphatic rings. The van der Waals surface area contributed by atoms with Crippen molar-refractivity contribution in [2.75, 3.05) is 7.11 Å². The largest absolute Gasteiger partial charge is 0.374 e. The molecule has 0 fully saturated rings. The molecule has 1 aromatic heterocycles. The van der Waals surface area contributed by atoms with Crippen LogP contribution in [-0.2, 0) is 11.2 Å². The molecule has 1 N–H and O–H groups in total. The molecule has 0 amide bonds. The summed E-state index contributed by atoms with van der Waals surface area (Å²) < 4.78 is 5.33. The van der Waals surface area contributed by atoms with Crippen LogP contribution in [0, 0.1) is 0 Å². The van der Waals surface area contributed by atoms with Gasteiger partial charge in [-0.05, 0) is 12.8 Å². The molecule has 0 saturated carbocycles. The second kappa shape index (κ2) is 6.43. The van der Waals surface area contributed by atoms with Crippen LogP contribution in [0.2, 0.25) is 0 Å². The average Bonchev–Trinajstić information content (AvgIpc) is 2.25. The van der Waals surface area contributed by atoms with Gasteiger partial charge in [0.15, 0.2) is 0 Å². The van der Waals surface area contributed by atoms with Gasteiger partial charge in [-0.2, -0.15) is 0 Å². The Labute approximate surface area is 96.1 Å². The predicted molar refractivity (Wildman–Crippen MR) is 63.5 cm³/mol. The second-order valence-corrected chi connectivity index (χ2v) is 3.88. The molecule has 0 aliphatic heterocycles. The molecule has 90 valence electrons. The monoisotopic (exact) mass is 224 g/mol. The number of hydrogen-bond acceptors (Lipinski definition) is 3. The van der Waals surface area contributed by atoms with Crippen molar-refractivity contribution < 1.29 is 4.74 Å². The highest BCUT2D eigenvalue weighted by molar-refractivity contribution is 5.04. The van der Waals surface area contributed by atoms with Gasteiger partial charge >= 0.3 is 0 Å². The Bertz CT molecular complexity index is 374. The van der Waals surface area contributed by atoms with Gasteiger partial charge in [0, 0.05) is 18.9 Å². The van der Waals surface area contributed by atoms with Crippen LogP contribution in [0.1, 0.15) is 50.7 Å². The number of ether oxygens (including phenoxy) is 1. The Kier molecular flexibility index (Phi) is 5.19. The number of aromatic nitrogens is 2. The molecule has 1 rings (SSSR count). The van der Waals surface area contributed by atoms with Gasteiger partial charge in [0.2, 0.25) is 0 Å². The molecule has 16 heavy (non-hydrogen) atoms. The van der Waals surface area contributed by atoms with Crippen LogP contribution in [-0.4, -0.2) is 17.1 Å². The molecule has 0 radical (unpaired) electrons. The van der Waals surface area contributed by atoms with E-state index in [1.54, 1.807) is 13.2 Å². The summed E-state index contributed by atoms with van der Waals surface area (Å²) in [6, 6.07) is 1.56. The van der Waals surface area contributed by atoms with Crippen molar-refractivity contribution in [3.05, 3.63) is 27.9 Å². The van der Waals surface area contributed by atoms with E-state index in [4.69, 9.17) is 4.74 Å². The van der Waals surface area contributed by atoms with Crippen molar-refractivity contribution in [3.63, 3.8) is 0 Å². The lowest BCUT2D eigenvalue weighted by atomic mass is 10.2. The Morgan fingerprint density at radius 1 is 1.44 bits per heavy atom. The smallest absolute Gasteiger partial charge is 0.251 e. The summed E-state index contributed by atoms with van der Waals surface area (Å²) in [6.07, 6.45) is 3.59. The zero-order valence-electron chi connectivity index (χ0n) is 10.2. The van der Waals surface area contributed by atoms with Crippen LogP contribution < -0.4 is 5.56 Å². The van der Waals surface area contributed by atoms with E-state index in [-0.39, 0.29) is 11.7 Å². The van der Waals surface area contributed by atoms with E-state index >= 15 is 0 Å². The summed E-state index contributed by atoms with van der Waals surface area (Å²) in [5.74, 6) is 0.653. The fourth-order valence-corrected chi connectivity index (χ4v) is 1.69. The molecule has 0 aromatic carbocycles. The summed E-state index contributed by atoms with van der Waals surface area (Å²) in [6.45, 7) is 4.16. The first kappa shape index (κ1) is 12.9. The number of rotatable bonds is 6. The highest BCUT2D eigenvalue weighted by atomic mass is 16.5. The number of aryl methyl sites for hydroxylation is 1. The minimum Gasteiger partial charge on any atom is -0.374 e. The van der Waals surface area contributed by atoms with Crippen LogP contribution in [0.4, 0.5) is 0 Å². The normalized spacial score (nSPS) is 12.7. The maximum atomic E-state index is 11.5. The Hall–Kier alpha value is -1.16. The predicted octanol–water partition coefficient (Wildman–Crippen LogP) is 2.21. The number of nitrogens with zero attached hydrogens (tertiary/aromatic N) is 1. The topological polar surface area (TPSA) is 55.0 Å². The van der Waals surface area contributed by atoms with Gasteiger partial charge < -0.3 is 9.72 Å². The highest BCUT2D eigenvalue weighted by Crippen LogP contribution is 2.17. The lowest BCUT2D eigenvalue weighted by Crippen LogP contribution is -2.16. The van der Waals surface area contributed by atoms with E-state index in [1.165, 1.54) is 0 Å². The summed E-state index contributed by atoms with van der Waals surface area (Å²) in [5.41, 5.74) is 0.756. The average molecular weight is 224 g/mol. The zero-order valence-corrected chi connectivity index (χ0v) is 10.2. The Balaban J connectivity index is 2.97. The molecule has 1 unspecified atom stereocenters. The van der Waals surface area contributed by atoms with Crippen molar-refractivity contribution in [2.45, 2.75) is 45.6 Å². The molecule has 1 atom stereocenters. The van der Waals surface area contributed by atoms with Gasteiger partial charge in [-0.1, -0.05) is 26.7 Å². The number of nitrogens with one attached hydrogen (secondary N) is 1. The van der Waals surface area contributed by atoms with Gasteiger partial charge in [-0.15, -0.1) is 0 Å². The van der Waals surface area contributed by atoms with E-state index in [1.807, 2.05) is 0 Å². The fourth-order valence-electron chi connectivity index (χ4n) is 1.69. The third-order valence-electron chi connectivity index (χ3n) is 2.46. The number of aromatic amines is 1. The van der Waals surface area contributed by atoms with Crippen LogP contribution in [0.3, 0.4) is 0 Å². The van der Waals surface area contributed by atoms with Crippen LogP contribution >= 0.6 is 0 Å². The first-order valence-corrected chi connectivity index (χ1v) is 5.84. The molecular formula is C12H20N2O2. The lowest BCUT2D eigenvalue weighted by Gasteiger charge is -2.13. The van der Waals surface area contributed by atoms with Gasteiger partial charge in [0.05, 0.1) is 0 Å². The Morgan fingerprint density at radius 2 is 2.19 bits per heavy atom. The molecule has 0 bridgehead atoms. The van der Waals surface area contributed by atoms with Crippen LogP contribution in [0.25, 0.3) is 0 Å². The van der Waals surface area contributed by atoms with E-state index in [2.05, 4.69) is 23.8 Å². The minimum absolute atomic E-state index is 0.0911. The molecule has 1 heterocycles. The first-order valence-electron chi connectivity index (χ1n) is 5.84. The van der Waals surface area contributed by atoms with E-state index in [0.29, 0.717) is 5.82 Å². The van der Waals surface area contributed by atoms with Crippen molar-refractivity contribution in [1.82, 2.24) is 9.97 Å². The van der Waals surface area contributed by atoms with Crippen molar-refractivity contribution in [1.29, 1.82) is 0 Å². The second-order valence-electron chi connectivity index (χ2n) is 3.88. The first-order chi connectivity index (χ1) is 7.71. The SMILES string of the molecule is CCCc1cc(=O)[nH]c(C(CCC)OC)n1. The van der Waals surface area contributed by atoms with Crippen molar-refractivity contribution >= 4 is 0 Å². The zero-order chi connectivity index (χ0) is 12.0. The van der Waals surface area contributed by atoms with Crippen molar-refractivity contribution in [3.8, 4) is 0 Å². The summed E-state index contributed by atoms with van der Waals surface area (Å²) >= 11 is 0. The minimum atomic E-state index is -0.102. The van der Waals surface area contributed by atoms with Gasteiger partial charge in [-0.25, -0.2) is 4.98 Å². The van der Waals surface area contributed by atoms with Gasteiger partial charge in [-0.3, -0.25) is 4.79 Å². The summed E-state index contributed by atoms with van der Waals surface area (Å²) in [5, 5.41) is 0. The number of hydrogen-bond donors (Lipinski definition) is 1. The fraction of sp³-hybridized carbons (Fsp3) is 0.667. The van der Waals surface area contributed by atoms with E-state index in [9.17, 15) is 4.79 Å². The molecule has 4 nitrogen and oxygen atoms in total. The van der Waals surface area contributed by atoms with Crippen molar-refractivity contribution in [2.24, 2.45) is 0 Å². The van der Waals surface area contributed by atoms with E-state index in [0.717, 1.165) is 31.4 Å². The highest BCUT2D eigenvalue weighted by Gasteiger charge is 2.12. The molecule has 0 aliphatic carbocycles. The maximum Gasteiger partial charge on any atom is 0.251 e. The standard InChI is InChI=1S/C12H20N2O2/c1-4-6-9-8-11(15)14-12(13-9)10(16-3)7-5-2/h8,10H,4-7H2,1-3H3,(H,13,14,15). The summed E-state index contributed by atoms with van der Waals surface area (Å²) in [7, 11) is 1.65. The van der Waals surface area contributed by atoms with Crippen LogP contribution in [0.15, 0.2) is 10.9 Å². The molecule has 0 spiro atoms. The lowest BCUT2D eigenvalue weighted by molar-refractivity contribution is 0.0872. The molecule has 4 heteroatoms. The summed E-state index contributed by atoms with van der Waals surface area (Å²) in [4.78, 5) is 18.6. The third-order valence-corrected chi connectivity index (χ3v) is 2.46. The van der Waals surface area contributed by atoms with E-state index < -0.39 is 0 Å². The van der Waals surface area contributed by atoms with Gasteiger partial charge in [0.25, 0.3) is 5.56 Å². The van der Waals surface area contributed by atoms with Gasteiger partial charge in [0.1, 0.15) is 11.9 Å².